The van der Waals surface area contributed by atoms with Crippen molar-refractivity contribution in [2.45, 2.75) is 18.5 Å². The van der Waals surface area contributed by atoms with Gasteiger partial charge in [0.1, 0.15) is 12.1 Å². The Kier molecular flexibility index (Phi) is 5.80. The summed E-state index contributed by atoms with van der Waals surface area (Å²) in [6.07, 6.45) is 4.26. The molecule has 2 aromatic heterocycles. The molecule has 6 rings (SSSR count). The molecule has 3 aromatic carbocycles. The maximum absolute atomic E-state index is 13.6. The molecule has 2 unspecified atom stereocenters. The van der Waals surface area contributed by atoms with Crippen molar-refractivity contribution in [1.29, 1.82) is 0 Å². The van der Waals surface area contributed by atoms with Gasteiger partial charge >= 0.3 is 0 Å². The molecular formula is C28H25FN6O2. The van der Waals surface area contributed by atoms with Gasteiger partial charge in [0.25, 0.3) is 0 Å². The van der Waals surface area contributed by atoms with Crippen molar-refractivity contribution in [1.82, 2.24) is 24.5 Å². The molecule has 1 aliphatic rings. The summed E-state index contributed by atoms with van der Waals surface area (Å²) in [4.78, 5) is 4.45. The fourth-order valence-electron chi connectivity index (χ4n) is 4.84. The maximum atomic E-state index is 13.6. The van der Waals surface area contributed by atoms with Crippen molar-refractivity contribution >= 4 is 5.95 Å². The lowest BCUT2D eigenvalue weighted by molar-refractivity contribution is 0.355. The van der Waals surface area contributed by atoms with E-state index in [4.69, 9.17) is 14.6 Å². The molecule has 3 heterocycles. The van der Waals surface area contributed by atoms with Crippen LogP contribution in [0.4, 0.5) is 10.3 Å². The number of benzene rings is 3. The van der Waals surface area contributed by atoms with Gasteiger partial charge in [0.2, 0.25) is 5.95 Å². The number of fused-ring (bicyclic) bond motifs is 1. The Labute approximate surface area is 213 Å². The zero-order chi connectivity index (χ0) is 25.4. The van der Waals surface area contributed by atoms with Crippen molar-refractivity contribution in [3.8, 4) is 28.4 Å². The van der Waals surface area contributed by atoms with Gasteiger partial charge in [0.05, 0.1) is 37.7 Å². The minimum Gasteiger partial charge on any atom is -0.493 e. The molecule has 9 heteroatoms. The summed E-state index contributed by atoms with van der Waals surface area (Å²) in [5, 5.41) is 13.0. The van der Waals surface area contributed by atoms with Gasteiger partial charge in [0.15, 0.2) is 11.5 Å². The molecular weight excluding hydrogens is 471 g/mol. The van der Waals surface area contributed by atoms with E-state index in [-0.39, 0.29) is 17.9 Å². The molecule has 1 aliphatic heterocycles. The van der Waals surface area contributed by atoms with Gasteiger partial charge in [-0.05, 0) is 54.4 Å². The van der Waals surface area contributed by atoms with E-state index in [2.05, 4.69) is 15.4 Å². The minimum atomic E-state index is -0.265. The fraction of sp³-hybridized carbons (Fsp3) is 0.179. The van der Waals surface area contributed by atoms with Crippen LogP contribution in [0.5, 0.6) is 11.5 Å². The average molecular weight is 497 g/mol. The molecule has 0 aliphatic carbocycles. The molecule has 2 atom stereocenters. The topological polar surface area (TPSA) is 79.0 Å². The molecule has 0 saturated carbocycles. The quantitative estimate of drug-likeness (QED) is 0.338. The Hall–Kier alpha value is -4.66. The summed E-state index contributed by atoms with van der Waals surface area (Å²) in [7, 11) is 3.23. The Morgan fingerprint density at radius 3 is 2.49 bits per heavy atom. The van der Waals surface area contributed by atoms with E-state index in [9.17, 15) is 4.39 Å². The number of ether oxygens (including phenoxy) is 2. The third-order valence-electron chi connectivity index (χ3n) is 6.68. The number of nitrogens with one attached hydrogen (secondary N) is 1. The van der Waals surface area contributed by atoms with E-state index in [1.807, 2.05) is 64.1 Å². The van der Waals surface area contributed by atoms with Crippen LogP contribution in [0.15, 0.2) is 85.3 Å². The van der Waals surface area contributed by atoms with Crippen LogP contribution in [0.2, 0.25) is 0 Å². The molecule has 8 nitrogen and oxygen atoms in total. The predicted octanol–water partition coefficient (Wildman–Crippen LogP) is 5.43. The monoisotopic (exact) mass is 496 g/mol. The third-order valence-corrected chi connectivity index (χ3v) is 6.68. The molecule has 0 saturated heterocycles. The molecule has 0 amide bonds. The minimum absolute atomic E-state index is 0.0828. The summed E-state index contributed by atoms with van der Waals surface area (Å²) in [6, 6.07) is 22.1. The van der Waals surface area contributed by atoms with E-state index in [1.165, 1.54) is 12.1 Å². The number of rotatable bonds is 6. The van der Waals surface area contributed by atoms with E-state index in [0.717, 1.165) is 28.1 Å². The van der Waals surface area contributed by atoms with Gasteiger partial charge in [-0.15, -0.1) is 0 Å². The highest BCUT2D eigenvalue weighted by Gasteiger charge is 2.33. The molecule has 5 aromatic rings. The van der Waals surface area contributed by atoms with Crippen LogP contribution in [0, 0.1) is 5.82 Å². The van der Waals surface area contributed by atoms with Crippen LogP contribution >= 0.6 is 0 Å². The van der Waals surface area contributed by atoms with Crippen LogP contribution in [-0.2, 0) is 0 Å². The summed E-state index contributed by atoms with van der Waals surface area (Å²) >= 11 is 0. The van der Waals surface area contributed by atoms with Crippen molar-refractivity contribution in [2.24, 2.45) is 0 Å². The zero-order valence-corrected chi connectivity index (χ0v) is 20.4. The lowest BCUT2D eigenvalue weighted by atomic mass is 9.92. The first-order chi connectivity index (χ1) is 18.1. The van der Waals surface area contributed by atoms with Crippen LogP contribution < -0.4 is 14.8 Å². The largest absolute Gasteiger partial charge is 0.493 e. The van der Waals surface area contributed by atoms with E-state index in [1.54, 1.807) is 32.7 Å². The molecule has 37 heavy (non-hydrogen) atoms. The van der Waals surface area contributed by atoms with Gasteiger partial charge in [0, 0.05) is 17.3 Å². The highest BCUT2D eigenvalue weighted by molar-refractivity contribution is 5.68. The number of anilines is 1. The second kappa shape index (κ2) is 9.42. The number of halogens is 1. The first-order valence-corrected chi connectivity index (χ1v) is 11.9. The SMILES string of the molecule is COc1ccc(-c2nn(-c3ccccc3)cc2C2CC(c3ccc(F)cc3)Nc3ncnn32)cc1OC. The predicted molar refractivity (Wildman–Crippen MR) is 138 cm³/mol. The van der Waals surface area contributed by atoms with E-state index in [0.29, 0.717) is 23.9 Å². The van der Waals surface area contributed by atoms with Crippen LogP contribution in [0.1, 0.15) is 29.6 Å². The second-order valence-electron chi connectivity index (χ2n) is 8.81. The Bertz CT molecular complexity index is 1530. The fourth-order valence-corrected chi connectivity index (χ4v) is 4.84. The molecule has 186 valence electrons. The summed E-state index contributed by atoms with van der Waals surface area (Å²) < 4.78 is 28.4. The van der Waals surface area contributed by atoms with Gasteiger partial charge in [-0.25, -0.2) is 13.8 Å². The van der Waals surface area contributed by atoms with Crippen LogP contribution in [-0.4, -0.2) is 38.8 Å². The van der Waals surface area contributed by atoms with Gasteiger partial charge in [-0.3, -0.25) is 0 Å². The average Bonchev–Trinajstić information content (AvgIpc) is 3.61. The highest BCUT2D eigenvalue weighted by Crippen LogP contribution is 2.42. The summed E-state index contributed by atoms with van der Waals surface area (Å²) in [5.74, 6) is 1.65. The highest BCUT2D eigenvalue weighted by atomic mass is 19.1. The number of para-hydroxylation sites is 1. The second-order valence-corrected chi connectivity index (χ2v) is 8.81. The van der Waals surface area contributed by atoms with Crippen molar-refractivity contribution < 1.29 is 13.9 Å². The maximum Gasteiger partial charge on any atom is 0.222 e. The molecule has 0 spiro atoms. The Morgan fingerprint density at radius 2 is 1.73 bits per heavy atom. The molecule has 0 radical (unpaired) electrons. The van der Waals surface area contributed by atoms with Gasteiger partial charge < -0.3 is 14.8 Å². The number of hydrogen-bond donors (Lipinski definition) is 1. The zero-order valence-electron chi connectivity index (χ0n) is 20.4. The summed E-state index contributed by atoms with van der Waals surface area (Å²) in [5.41, 5.74) is 4.59. The number of hydrogen-bond acceptors (Lipinski definition) is 6. The first kappa shape index (κ1) is 22.8. The van der Waals surface area contributed by atoms with E-state index >= 15 is 0 Å². The molecule has 0 bridgehead atoms. The Balaban J connectivity index is 1.50. The Morgan fingerprint density at radius 1 is 0.946 bits per heavy atom. The molecule has 1 N–H and O–H groups in total. The lowest BCUT2D eigenvalue weighted by Crippen LogP contribution is -2.28. The van der Waals surface area contributed by atoms with Crippen molar-refractivity contribution in [3.05, 3.63) is 102 Å². The van der Waals surface area contributed by atoms with E-state index < -0.39 is 0 Å². The first-order valence-electron chi connectivity index (χ1n) is 11.9. The molecule has 0 fully saturated rings. The number of nitrogens with zero attached hydrogens (tertiary/aromatic N) is 5. The van der Waals surface area contributed by atoms with Crippen LogP contribution in [0.25, 0.3) is 16.9 Å². The number of aromatic nitrogens is 5. The normalized spacial score (nSPS) is 16.6. The smallest absolute Gasteiger partial charge is 0.222 e. The van der Waals surface area contributed by atoms with Gasteiger partial charge in [-0.1, -0.05) is 30.3 Å². The van der Waals surface area contributed by atoms with Crippen LogP contribution in [0.3, 0.4) is 0 Å². The standard InChI is InChI=1S/C28H25FN6O2/c1-36-25-13-10-19(14-26(25)37-2)27-22(16-34(33-27)21-6-4-3-5-7-21)24-15-23(18-8-11-20(29)12-9-18)32-28-30-17-31-35(24)28/h3-14,16-17,23-24H,15H2,1-2H3,(H,30,31,32). The number of methoxy groups -OCH3 is 2. The van der Waals surface area contributed by atoms with Gasteiger partial charge in [-0.2, -0.15) is 15.2 Å². The van der Waals surface area contributed by atoms with Crippen molar-refractivity contribution in [3.63, 3.8) is 0 Å². The summed E-state index contributed by atoms with van der Waals surface area (Å²) in [6.45, 7) is 0. The lowest BCUT2D eigenvalue weighted by Gasteiger charge is -2.31. The van der Waals surface area contributed by atoms with Crippen molar-refractivity contribution in [2.75, 3.05) is 19.5 Å². The third kappa shape index (κ3) is 4.18.